The zero-order chi connectivity index (χ0) is 15.4. The first-order valence-corrected chi connectivity index (χ1v) is 8.56. The normalized spacial score (nSPS) is 12.6. The molecule has 0 saturated carbocycles. The molecule has 0 radical (unpaired) electrons. The molecule has 0 aliphatic carbocycles. The van der Waals surface area contributed by atoms with Gasteiger partial charge in [-0.25, -0.2) is 4.39 Å². The fourth-order valence-corrected chi connectivity index (χ4v) is 3.25. The molecule has 1 unspecified atom stereocenters. The Morgan fingerprint density at radius 2 is 2.10 bits per heavy atom. The molecule has 3 nitrogen and oxygen atoms in total. The number of hydrogen-bond donors (Lipinski definition) is 1. The maximum Gasteiger partial charge on any atom is 0.128 e. The van der Waals surface area contributed by atoms with Gasteiger partial charge in [0.2, 0.25) is 0 Å². The Morgan fingerprint density at radius 3 is 2.76 bits per heavy atom. The highest BCUT2D eigenvalue weighted by molar-refractivity contribution is 9.10. The number of hydrogen-bond acceptors (Lipinski definition) is 2. The molecule has 0 fully saturated rings. The van der Waals surface area contributed by atoms with Gasteiger partial charge in [0.25, 0.3) is 0 Å². The second kappa shape index (κ2) is 7.51. The summed E-state index contributed by atoms with van der Waals surface area (Å²) in [5.74, 6) is -0.222. The number of nitrogens with one attached hydrogen (secondary N) is 1. The van der Waals surface area contributed by atoms with E-state index < -0.39 is 0 Å². The lowest BCUT2D eigenvalue weighted by molar-refractivity contribution is 0.500. The minimum absolute atomic E-state index is 0.222. The van der Waals surface area contributed by atoms with Crippen LogP contribution in [0.4, 0.5) is 4.39 Å². The third-order valence-electron chi connectivity index (χ3n) is 3.22. The second-order valence-electron chi connectivity index (χ2n) is 4.76. The van der Waals surface area contributed by atoms with Crippen molar-refractivity contribution in [3.63, 3.8) is 0 Å². The largest absolute Gasteiger partial charge is 0.305 e. The molecule has 0 aliphatic heterocycles. The van der Waals surface area contributed by atoms with Crippen molar-refractivity contribution in [1.82, 2.24) is 15.1 Å². The van der Waals surface area contributed by atoms with Crippen molar-refractivity contribution in [2.24, 2.45) is 0 Å². The van der Waals surface area contributed by atoms with Gasteiger partial charge in [0.05, 0.1) is 22.4 Å². The predicted molar refractivity (Wildman–Crippen MR) is 89.8 cm³/mol. The molecule has 1 aromatic heterocycles. The van der Waals surface area contributed by atoms with Gasteiger partial charge >= 0.3 is 0 Å². The summed E-state index contributed by atoms with van der Waals surface area (Å²) in [6.07, 6.45) is 2.74. The van der Waals surface area contributed by atoms with Crippen molar-refractivity contribution < 1.29 is 4.39 Å². The molecule has 114 valence electrons. The number of benzene rings is 1. The summed E-state index contributed by atoms with van der Waals surface area (Å²) in [5.41, 5.74) is 1.57. The van der Waals surface area contributed by atoms with Crippen LogP contribution in [0, 0.1) is 5.82 Å². The summed E-state index contributed by atoms with van der Waals surface area (Å²) < 4.78 is 18.0. The Kier molecular flexibility index (Phi) is 5.96. The van der Waals surface area contributed by atoms with E-state index in [4.69, 9.17) is 0 Å². The van der Waals surface area contributed by atoms with Crippen LogP contribution in [-0.4, -0.2) is 16.3 Å². The van der Waals surface area contributed by atoms with E-state index in [-0.39, 0.29) is 11.9 Å². The van der Waals surface area contributed by atoms with Gasteiger partial charge in [-0.2, -0.15) is 5.10 Å². The van der Waals surface area contributed by atoms with E-state index in [0.29, 0.717) is 5.56 Å². The summed E-state index contributed by atoms with van der Waals surface area (Å²) in [6.45, 7) is 5.65. The fraction of sp³-hybridized carbons (Fsp3) is 0.400. The predicted octanol–water partition coefficient (Wildman–Crippen LogP) is 4.66. The first kappa shape index (κ1) is 16.6. The van der Waals surface area contributed by atoms with Crippen molar-refractivity contribution in [1.29, 1.82) is 0 Å². The van der Waals surface area contributed by atoms with Gasteiger partial charge in [0.1, 0.15) is 5.82 Å². The third-order valence-corrected chi connectivity index (χ3v) is 4.32. The number of nitrogens with zero attached hydrogens (tertiary/aromatic N) is 2. The topological polar surface area (TPSA) is 29.9 Å². The van der Waals surface area contributed by atoms with Gasteiger partial charge in [0.15, 0.2) is 0 Å². The van der Waals surface area contributed by atoms with E-state index in [9.17, 15) is 4.39 Å². The molecule has 2 aromatic rings. The minimum atomic E-state index is -0.240. The van der Waals surface area contributed by atoms with E-state index in [1.807, 2.05) is 17.7 Å². The Hall–Kier alpha value is -0.720. The Morgan fingerprint density at radius 1 is 1.33 bits per heavy atom. The lowest BCUT2D eigenvalue weighted by atomic mass is 10.0. The first-order chi connectivity index (χ1) is 10.1. The minimum Gasteiger partial charge on any atom is -0.305 e. The van der Waals surface area contributed by atoms with E-state index in [2.05, 4.69) is 49.2 Å². The lowest BCUT2D eigenvalue weighted by Crippen LogP contribution is -2.26. The Balaban J connectivity index is 2.53. The van der Waals surface area contributed by atoms with Crippen LogP contribution in [0.5, 0.6) is 0 Å². The van der Waals surface area contributed by atoms with E-state index in [0.717, 1.165) is 34.1 Å². The quantitative estimate of drug-likeness (QED) is 0.739. The molecule has 1 N–H and O–H groups in total. The maximum absolute atomic E-state index is 14.3. The fourth-order valence-electron chi connectivity index (χ4n) is 2.34. The molecule has 0 aliphatic rings. The molecule has 0 amide bonds. The van der Waals surface area contributed by atoms with Crippen LogP contribution in [0.25, 0.3) is 0 Å². The van der Waals surface area contributed by atoms with E-state index >= 15 is 0 Å². The molecular weight excluding hydrogens is 401 g/mol. The third kappa shape index (κ3) is 3.73. The molecule has 1 atom stereocenters. The van der Waals surface area contributed by atoms with E-state index in [1.54, 1.807) is 12.3 Å². The highest BCUT2D eigenvalue weighted by Gasteiger charge is 2.23. The summed E-state index contributed by atoms with van der Waals surface area (Å²) in [7, 11) is 0. The maximum atomic E-state index is 14.3. The molecule has 0 bridgehead atoms. The molecule has 1 heterocycles. The summed E-state index contributed by atoms with van der Waals surface area (Å²) in [6, 6.07) is 4.77. The van der Waals surface area contributed by atoms with Crippen LogP contribution >= 0.6 is 31.9 Å². The zero-order valence-corrected chi connectivity index (χ0v) is 15.2. The molecule has 6 heteroatoms. The van der Waals surface area contributed by atoms with Gasteiger partial charge in [-0.05, 0) is 47.1 Å². The highest BCUT2D eigenvalue weighted by Crippen LogP contribution is 2.31. The van der Waals surface area contributed by atoms with Crippen LogP contribution in [0.15, 0.2) is 33.3 Å². The summed E-state index contributed by atoms with van der Waals surface area (Å²) in [4.78, 5) is 0. The highest BCUT2D eigenvalue weighted by atomic mass is 79.9. The van der Waals surface area contributed by atoms with Gasteiger partial charge < -0.3 is 5.32 Å². The van der Waals surface area contributed by atoms with Crippen molar-refractivity contribution in [2.45, 2.75) is 32.9 Å². The Bertz CT molecular complexity index is 613. The lowest BCUT2D eigenvalue weighted by Gasteiger charge is -2.21. The average Bonchev–Trinajstić information content (AvgIpc) is 2.81. The van der Waals surface area contributed by atoms with Crippen molar-refractivity contribution in [2.75, 3.05) is 6.54 Å². The van der Waals surface area contributed by atoms with Gasteiger partial charge in [-0.1, -0.05) is 29.8 Å². The molecular formula is C15H18Br2FN3. The average molecular weight is 419 g/mol. The standard InChI is InChI=1S/C15H18Br2FN3/c1-3-7-21-15(12(17)9-20-21)14(19-4-2)11-8-10(16)5-6-13(11)18/h5-6,8-9,14,19H,3-4,7H2,1-2H3. The molecule has 2 rings (SSSR count). The van der Waals surface area contributed by atoms with E-state index in [1.165, 1.54) is 6.07 Å². The molecule has 1 aromatic carbocycles. The SMILES string of the molecule is CCCn1ncc(Br)c1C(NCC)c1cc(Br)ccc1F. The zero-order valence-electron chi connectivity index (χ0n) is 12.0. The van der Waals surface area contributed by atoms with Crippen molar-refractivity contribution >= 4 is 31.9 Å². The van der Waals surface area contributed by atoms with Gasteiger partial charge in [-0.15, -0.1) is 0 Å². The number of aryl methyl sites for hydroxylation is 1. The monoisotopic (exact) mass is 417 g/mol. The molecule has 21 heavy (non-hydrogen) atoms. The summed E-state index contributed by atoms with van der Waals surface area (Å²) in [5, 5.41) is 7.74. The summed E-state index contributed by atoms with van der Waals surface area (Å²) >= 11 is 6.96. The first-order valence-electron chi connectivity index (χ1n) is 6.98. The molecule has 0 spiro atoms. The molecule has 0 saturated heterocycles. The Labute approximate surface area is 141 Å². The van der Waals surface area contributed by atoms with Crippen LogP contribution in [0.2, 0.25) is 0 Å². The van der Waals surface area contributed by atoms with Crippen LogP contribution in [-0.2, 0) is 6.54 Å². The van der Waals surface area contributed by atoms with Crippen molar-refractivity contribution in [3.8, 4) is 0 Å². The van der Waals surface area contributed by atoms with Gasteiger partial charge in [-0.3, -0.25) is 4.68 Å². The smallest absolute Gasteiger partial charge is 0.128 e. The van der Waals surface area contributed by atoms with Crippen molar-refractivity contribution in [3.05, 3.63) is 50.4 Å². The number of aromatic nitrogens is 2. The van der Waals surface area contributed by atoms with Crippen LogP contribution < -0.4 is 5.32 Å². The number of rotatable bonds is 6. The second-order valence-corrected chi connectivity index (χ2v) is 6.53. The van der Waals surface area contributed by atoms with Crippen LogP contribution in [0.3, 0.4) is 0 Å². The number of halogens is 3. The van der Waals surface area contributed by atoms with Crippen LogP contribution in [0.1, 0.15) is 37.6 Å². The van der Waals surface area contributed by atoms with Gasteiger partial charge in [0, 0.05) is 16.6 Å².